The van der Waals surface area contributed by atoms with E-state index in [9.17, 15) is 4.79 Å². The molecule has 2 bridgehead atoms. The first kappa shape index (κ1) is 25.7. The molecule has 3 fully saturated rings. The van der Waals surface area contributed by atoms with Crippen molar-refractivity contribution in [3.05, 3.63) is 63.9 Å². The summed E-state index contributed by atoms with van der Waals surface area (Å²) in [6, 6.07) is 10.5. The summed E-state index contributed by atoms with van der Waals surface area (Å²) in [5.41, 5.74) is 4.25. The van der Waals surface area contributed by atoms with Gasteiger partial charge in [0.25, 0.3) is 0 Å². The van der Waals surface area contributed by atoms with E-state index in [4.69, 9.17) is 16.3 Å². The van der Waals surface area contributed by atoms with Gasteiger partial charge in [-0.3, -0.25) is 14.8 Å². The van der Waals surface area contributed by atoms with Gasteiger partial charge in [-0.25, -0.2) is 4.79 Å². The van der Waals surface area contributed by atoms with E-state index in [0.29, 0.717) is 12.1 Å². The molecule has 2 unspecified atom stereocenters. The fourth-order valence-electron chi connectivity index (χ4n) is 7.29. The highest BCUT2D eigenvalue weighted by Gasteiger charge is 2.42. The van der Waals surface area contributed by atoms with Crippen LogP contribution in [0.1, 0.15) is 73.1 Å². The van der Waals surface area contributed by atoms with Crippen molar-refractivity contribution in [3.8, 4) is 0 Å². The summed E-state index contributed by atoms with van der Waals surface area (Å²) >= 11 is 6.88. The van der Waals surface area contributed by atoms with Crippen molar-refractivity contribution in [2.75, 3.05) is 33.3 Å². The zero-order chi connectivity index (χ0) is 25.3. The average molecular weight is 510 g/mol. The number of nitrogens with zero attached hydrogens (tertiary/aromatic N) is 3. The zero-order valence-electron chi connectivity index (χ0n) is 22.0. The fourth-order valence-corrected chi connectivity index (χ4v) is 7.53. The van der Waals surface area contributed by atoms with Crippen LogP contribution in [0.15, 0.2) is 36.5 Å². The Hall–Kier alpha value is -1.95. The van der Waals surface area contributed by atoms with Gasteiger partial charge in [-0.1, -0.05) is 37.6 Å². The van der Waals surface area contributed by atoms with E-state index in [2.05, 4.69) is 46.8 Å². The number of fused-ring (bicyclic) bond motifs is 2. The Kier molecular flexibility index (Phi) is 7.71. The highest BCUT2D eigenvalue weighted by molar-refractivity contribution is 6.31. The molecule has 36 heavy (non-hydrogen) atoms. The van der Waals surface area contributed by atoms with Crippen LogP contribution < -0.4 is 0 Å². The molecule has 1 saturated heterocycles. The molecule has 1 aliphatic heterocycles. The van der Waals surface area contributed by atoms with Crippen molar-refractivity contribution in [1.82, 2.24) is 14.8 Å². The molecule has 2 heterocycles. The van der Waals surface area contributed by atoms with Gasteiger partial charge in [-0.2, -0.15) is 0 Å². The maximum absolute atomic E-state index is 12.1. The zero-order valence-corrected chi connectivity index (χ0v) is 22.8. The second kappa shape index (κ2) is 10.8. The van der Waals surface area contributed by atoms with Gasteiger partial charge in [0, 0.05) is 50.5 Å². The van der Waals surface area contributed by atoms with Gasteiger partial charge in [-0.05, 0) is 84.6 Å². The molecule has 1 aromatic carbocycles. The molecule has 1 aromatic heterocycles. The van der Waals surface area contributed by atoms with Crippen molar-refractivity contribution < 1.29 is 9.53 Å². The van der Waals surface area contributed by atoms with E-state index in [1.54, 1.807) is 18.3 Å². The van der Waals surface area contributed by atoms with Crippen molar-refractivity contribution in [1.29, 1.82) is 0 Å². The lowest BCUT2D eigenvalue weighted by molar-refractivity contribution is 0.0595. The van der Waals surface area contributed by atoms with E-state index in [-0.39, 0.29) is 11.4 Å². The number of rotatable bonds is 6. The molecule has 2 atom stereocenters. The summed E-state index contributed by atoms with van der Waals surface area (Å²) in [7, 11) is 1.41. The fraction of sp³-hybridized carbons (Fsp3) is 0.600. The number of ether oxygens (including phenoxy) is 1. The van der Waals surface area contributed by atoms with Crippen molar-refractivity contribution in [2.24, 2.45) is 17.8 Å². The van der Waals surface area contributed by atoms with Crippen molar-refractivity contribution >= 4 is 17.6 Å². The van der Waals surface area contributed by atoms with Gasteiger partial charge in [0.2, 0.25) is 0 Å². The first-order chi connectivity index (χ1) is 17.3. The Morgan fingerprint density at radius 1 is 1.06 bits per heavy atom. The van der Waals surface area contributed by atoms with Crippen molar-refractivity contribution in [2.45, 2.75) is 64.5 Å². The van der Waals surface area contributed by atoms with Gasteiger partial charge >= 0.3 is 5.97 Å². The number of carbonyl (C=O) groups excluding carboxylic acids is 1. The molecule has 3 aliphatic rings. The molecule has 5 nitrogen and oxygen atoms in total. The van der Waals surface area contributed by atoms with E-state index in [1.807, 2.05) is 0 Å². The number of carbonyl (C=O) groups is 1. The van der Waals surface area contributed by atoms with Gasteiger partial charge in [-0.15, -0.1) is 0 Å². The Bertz CT molecular complexity index is 1060. The number of halogens is 1. The molecule has 194 valence electrons. The molecule has 2 aromatic rings. The van der Waals surface area contributed by atoms with Crippen LogP contribution >= 0.6 is 11.6 Å². The quantitative estimate of drug-likeness (QED) is 0.451. The van der Waals surface area contributed by atoms with Crippen LogP contribution in [-0.2, 0) is 23.2 Å². The molecule has 0 amide bonds. The smallest absolute Gasteiger partial charge is 0.339 e. The minimum Gasteiger partial charge on any atom is -0.465 e. The topological polar surface area (TPSA) is 45.7 Å². The lowest BCUT2D eigenvalue weighted by Crippen LogP contribution is -2.45. The molecular weight excluding hydrogens is 470 g/mol. The summed E-state index contributed by atoms with van der Waals surface area (Å²) in [6.45, 7) is 10.3. The third-order valence-electron chi connectivity index (χ3n) is 8.89. The number of hydrogen-bond acceptors (Lipinski definition) is 5. The van der Waals surface area contributed by atoms with Crippen LogP contribution in [0.25, 0.3) is 0 Å². The third kappa shape index (κ3) is 5.64. The summed E-state index contributed by atoms with van der Waals surface area (Å²) in [5, 5.41) is 0.913. The SMILES string of the molecule is COC(=O)c1cccnc1CN1CCN(Cc2ccc(C3(C)CC4CC(C)CC(C4)C3)cc2Cl)CC1. The first-order valence-electron chi connectivity index (χ1n) is 13.6. The summed E-state index contributed by atoms with van der Waals surface area (Å²) in [4.78, 5) is 21.3. The molecule has 0 N–H and O–H groups in total. The predicted octanol–water partition coefficient (Wildman–Crippen LogP) is 5.94. The van der Waals surface area contributed by atoms with Gasteiger partial charge in [0.15, 0.2) is 0 Å². The summed E-state index contributed by atoms with van der Waals surface area (Å²) < 4.78 is 4.92. The van der Waals surface area contributed by atoms with E-state index in [0.717, 1.165) is 61.2 Å². The number of aromatic nitrogens is 1. The Morgan fingerprint density at radius 3 is 2.36 bits per heavy atom. The minimum atomic E-state index is -0.324. The molecule has 6 heteroatoms. The van der Waals surface area contributed by atoms with Crippen molar-refractivity contribution in [3.63, 3.8) is 0 Å². The third-order valence-corrected chi connectivity index (χ3v) is 9.25. The number of esters is 1. The van der Waals surface area contributed by atoms with E-state index < -0.39 is 0 Å². The molecule has 2 saturated carbocycles. The summed E-state index contributed by atoms with van der Waals surface area (Å²) in [6.07, 6.45) is 8.58. The van der Waals surface area contributed by atoms with E-state index >= 15 is 0 Å². The lowest BCUT2D eigenvalue weighted by Gasteiger charge is -2.47. The van der Waals surface area contributed by atoms with E-state index in [1.165, 1.54) is 50.3 Å². The standard InChI is InChI=1S/C30H40ClN3O2/c1-21-13-22-15-23(14-21)18-30(2,17-22)25-7-6-24(27(31)16-25)19-33-9-11-34(12-10-33)20-28-26(29(35)36-3)5-4-8-32-28/h4-8,16,21-23H,9-15,17-20H2,1-3H3. The van der Waals surface area contributed by atoms with Crippen LogP contribution in [-0.4, -0.2) is 54.0 Å². The maximum atomic E-state index is 12.1. The maximum Gasteiger partial charge on any atom is 0.339 e. The van der Waals surface area contributed by atoms with Gasteiger partial charge in [0.05, 0.1) is 18.4 Å². The predicted molar refractivity (Wildman–Crippen MR) is 144 cm³/mol. The number of pyridine rings is 1. The molecule has 0 spiro atoms. The monoisotopic (exact) mass is 509 g/mol. The molecule has 2 aliphatic carbocycles. The van der Waals surface area contributed by atoms with Crippen LogP contribution in [0.3, 0.4) is 0 Å². The second-order valence-electron chi connectivity index (χ2n) is 11.9. The largest absolute Gasteiger partial charge is 0.465 e. The summed E-state index contributed by atoms with van der Waals surface area (Å²) in [5.74, 6) is 2.32. The minimum absolute atomic E-state index is 0.260. The Labute approximate surface area is 221 Å². The lowest BCUT2D eigenvalue weighted by atomic mass is 9.57. The molecular formula is C30H40ClN3O2. The number of benzene rings is 1. The van der Waals surface area contributed by atoms with Crippen LogP contribution in [0.2, 0.25) is 5.02 Å². The average Bonchev–Trinajstić information content (AvgIpc) is 2.85. The number of hydrogen-bond donors (Lipinski definition) is 0. The highest BCUT2D eigenvalue weighted by Crippen LogP contribution is 2.51. The number of methoxy groups -OCH3 is 1. The molecule has 5 rings (SSSR count). The second-order valence-corrected chi connectivity index (χ2v) is 12.3. The van der Waals surface area contributed by atoms with Gasteiger partial charge in [0.1, 0.15) is 0 Å². The Balaban J connectivity index is 1.18. The van der Waals surface area contributed by atoms with Crippen LogP contribution in [0, 0.1) is 17.8 Å². The molecule has 0 radical (unpaired) electrons. The highest BCUT2D eigenvalue weighted by atomic mass is 35.5. The number of piperazine rings is 1. The van der Waals surface area contributed by atoms with Crippen LogP contribution in [0.4, 0.5) is 0 Å². The van der Waals surface area contributed by atoms with Gasteiger partial charge < -0.3 is 4.74 Å². The first-order valence-corrected chi connectivity index (χ1v) is 14.0. The normalized spacial score (nSPS) is 29.2. The van der Waals surface area contributed by atoms with Crippen LogP contribution in [0.5, 0.6) is 0 Å². The Morgan fingerprint density at radius 2 is 1.72 bits per heavy atom.